The second kappa shape index (κ2) is 34.8. The van der Waals surface area contributed by atoms with Gasteiger partial charge in [-0.1, -0.05) is 12.2 Å². The van der Waals surface area contributed by atoms with Gasteiger partial charge in [-0.2, -0.15) is 12.6 Å². The van der Waals surface area contributed by atoms with Crippen LogP contribution >= 0.6 is 12.6 Å². The zero-order chi connectivity index (χ0) is 46.7. The number of allylic oxidation sites excluding steroid dienone is 1. The standard InChI is InChI=1S/C10H13NO2.C9H15NO.C8H11NO.C8H11NS.C6H8O2.C4H9NO2.C3H7NO.B.Na.H/c1-2-13-10(12)9-8-5-3-4-7(8)6-11-9;1-2-4-9(3-1)10-5-7-11-8-6-10;2*10-5-8-7-3-1-2-6(7)4-9-8;7-4-5-2-1-3-6(5)8;1-2-7-4(6)3-5;1-4(2)3-5;;;/h6,11H,2-5H2,1H3;1,3,9H,2,4-8H2;2*4,9-10H,1-3,5H2;4-5H,1-3H2;2-3,5H2,1H3;3H,1-2H3;;;/q;;;;;;;;+1;-1. The molecule has 4 heterocycles. The number of rotatable bonds is 9. The monoisotopic (exact) mass is 946 g/mol. The summed E-state index contributed by atoms with van der Waals surface area (Å²) in [6.45, 7) is 8.64. The number of carbonyl (C=O) groups excluding carboxylic acids is 5. The third-order valence-corrected chi connectivity index (χ3v) is 11.9. The van der Waals surface area contributed by atoms with Gasteiger partial charge in [-0.25, -0.2) is 4.79 Å². The molecule has 15 nitrogen and oxygen atoms in total. The zero-order valence-corrected chi connectivity index (χ0v) is 43.1. The third-order valence-electron chi connectivity index (χ3n) is 11.5. The molecule has 66 heavy (non-hydrogen) atoms. The van der Waals surface area contributed by atoms with Gasteiger partial charge in [0.15, 0.2) is 0 Å². The average Bonchev–Trinajstić information content (AvgIpc) is 4.15. The fourth-order valence-corrected chi connectivity index (χ4v) is 8.51. The van der Waals surface area contributed by atoms with E-state index < -0.39 is 0 Å². The van der Waals surface area contributed by atoms with Gasteiger partial charge >= 0.3 is 41.5 Å². The van der Waals surface area contributed by atoms with E-state index in [4.69, 9.17) is 20.3 Å². The van der Waals surface area contributed by atoms with Crippen LogP contribution in [0, 0.1) is 5.92 Å². The molecule has 6 aliphatic rings. The van der Waals surface area contributed by atoms with Crippen LogP contribution in [-0.2, 0) is 84.3 Å². The van der Waals surface area contributed by atoms with Crippen LogP contribution in [0.15, 0.2) is 30.7 Å². The molecule has 0 aromatic carbocycles. The number of aldehydes is 1. The molecule has 2 atom stereocenters. The molecule has 3 radical (unpaired) electrons. The molecule has 1 saturated carbocycles. The number of nitrogens with one attached hydrogen (secondary N) is 3. The van der Waals surface area contributed by atoms with Gasteiger partial charge in [0, 0.05) is 83.8 Å². The summed E-state index contributed by atoms with van der Waals surface area (Å²) in [5.41, 5.74) is 16.2. The van der Waals surface area contributed by atoms with Crippen LogP contribution in [0.3, 0.4) is 0 Å². The largest absolute Gasteiger partial charge is 1.00 e. The van der Waals surface area contributed by atoms with E-state index in [0.717, 1.165) is 95.0 Å². The van der Waals surface area contributed by atoms with Crippen LogP contribution in [0.5, 0.6) is 0 Å². The Hall–Kier alpha value is -3.42. The topological polar surface area (TPSA) is 213 Å². The van der Waals surface area contributed by atoms with Crippen molar-refractivity contribution in [2.24, 2.45) is 11.7 Å². The number of aliphatic hydroxyl groups is 1. The number of hydrogen-bond acceptors (Lipinski definition) is 12. The van der Waals surface area contributed by atoms with E-state index in [0.29, 0.717) is 25.3 Å². The SMILES string of the molecule is C1=CC(N2CCOCC2)CC1.CCOC(=O)CN.CCOC(=O)c1[nH]cc2c1CCC2.CN(C)C=O.O=CC1CCCC1=O.OCc1[nH]cc2c1CCC2.SCc1[nH]cc2c1CCC2.[B].[H-].[Na+]. The normalized spacial score (nSPS) is 17.9. The van der Waals surface area contributed by atoms with Crippen molar-refractivity contribution >= 4 is 51.5 Å². The number of aromatic nitrogens is 3. The molecule has 0 spiro atoms. The van der Waals surface area contributed by atoms with E-state index in [1.165, 1.54) is 88.9 Å². The Bertz CT molecular complexity index is 1850. The van der Waals surface area contributed by atoms with E-state index in [1.54, 1.807) is 21.0 Å². The van der Waals surface area contributed by atoms with Crippen molar-refractivity contribution in [3.05, 3.63) is 81.2 Å². The molecular formula is C48H75BN6NaO9S. The predicted octanol–water partition coefficient (Wildman–Crippen LogP) is 2.15. The van der Waals surface area contributed by atoms with Gasteiger partial charge < -0.3 is 51.1 Å². The summed E-state index contributed by atoms with van der Waals surface area (Å²) in [5, 5.41) is 8.86. The van der Waals surface area contributed by atoms with Crippen molar-refractivity contribution in [3.8, 4) is 0 Å². The summed E-state index contributed by atoms with van der Waals surface area (Å²) in [7, 11) is 3.38. The van der Waals surface area contributed by atoms with Gasteiger partial charge in [-0.3, -0.25) is 19.3 Å². The number of fused-ring (bicyclic) bond motifs is 3. The summed E-state index contributed by atoms with van der Waals surface area (Å²) in [4.78, 5) is 64.8. The average molecular weight is 946 g/mol. The number of Topliss-reactive ketones (excluding diaryl/α,β-unsaturated/α-hetero) is 1. The molecular weight excluding hydrogens is 870 g/mol. The second-order valence-corrected chi connectivity index (χ2v) is 16.5. The van der Waals surface area contributed by atoms with Crippen LogP contribution in [0.2, 0.25) is 0 Å². The number of nitrogens with zero attached hydrogens (tertiary/aromatic N) is 2. The fourth-order valence-electron chi connectivity index (χ4n) is 8.23. The first-order valence-electron chi connectivity index (χ1n) is 22.9. The van der Waals surface area contributed by atoms with Crippen molar-refractivity contribution in [2.75, 3.05) is 60.2 Å². The maximum atomic E-state index is 11.4. The van der Waals surface area contributed by atoms with Crippen molar-refractivity contribution in [3.63, 3.8) is 0 Å². The minimum atomic E-state index is -0.345. The van der Waals surface area contributed by atoms with E-state index in [1.807, 2.05) is 19.3 Å². The van der Waals surface area contributed by atoms with E-state index >= 15 is 0 Å². The number of carbonyl (C=O) groups is 5. The van der Waals surface area contributed by atoms with Gasteiger partial charge in [0.25, 0.3) is 0 Å². The first-order valence-corrected chi connectivity index (χ1v) is 23.6. The van der Waals surface area contributed by atoms with Crippen LogP contribution in [-0.4, -0.2) is 135 Å². The van der Waals surface area contributed by atoms with Crippen LogP contribution < -0.4 is 35.3 Å². The molecule has 2 fully saturated rings. The van der Waals surface area contributed by atoms with Crippen LogP contribution in [0.25, 0.3) is 0 Å². The second-order valence-electron chi connectivity index (χ2n) is 16.2. The number of hydrogen-bond donors (Lipinski definition) is 6. The first kappa shape index (κ1) is 60.6. The molecule has 6 N–H and O–H groups in total. The van der Waals surface area contributed by atoms with Gasteiger partial charge in [-0.05, 0) is 131 Å². The minimum absolute atomic E-state index is 0. The number of H-pyrrole nitrogens is 3. The Labute approximate surface area is 423 Å². The number of thiol groups is 1. The Morgan fingerprint density at radius 3 is 1.85 bits per heavy atom. The molecule has 18 heteroatoms. The maximum absolute atomic E-state index is 11.4. The number of ether oxygens (including phenoxy) is 3. The van der Waals surface area contributed by atoms with E-state index in [-0.39, 0.29) is 76.2 Å². The molecule has 3 aromatic rings. The maximum Gasteiger partial charge on any atom is 1.00 e. The van der Waals surface area contributed by atoms with E-state index in [9.17, 15) is 24.0 Å². The zero-order valence-electron chi connectivity index (χ0n) is 41.2. The van der Waals surface area contributed by atoms with Crippen molar-refractivity contribution in [1.29, 1.82) is 0 Å². The molecule has 0 bridgehead atoms. The number of amides is 1. The third kappa shape index (κ3) is 20.4. The molecule has 1 saturated heterocycles. The van der Waals surface area contributed by atoms with Crippen LogP contribution in [0.1, 0.15) is 122 Å². The van der Waals surface area contributed by atoms with Gasteiger partial charge in [0.05, 0.1) is 45.5 Å². The number of nitrogens with two attached hydrogens (primary N) is 1. The van der Waals surface area contributed by atoms with E-state index in [2.05, 4.69) is 55.6 Å². The molecule has 5 aliphatic carbocycles. The summed E-state index contributed by atoms with van der Waals surface area (Å²) in [6.07, 6.45) is 27.8. The molecule has 361 valence electrons. The summed E-state index contributed by atoms with van der Waals surface area (Å²) in [6, 6.07) is 0.721. The van der Waals surface area contributed by atoms with Crippen molar-refractivity contribution in [2.45, 2.75) is 122 Å². The number of aliphatic hydroxyl groups excluding tert-OH is 1. The molecule has 3 aromatic heterocycles. The Kier molecular flexibility index (Phi) is 32.0. The Balaban J connectivity index is 0.000000765. The number of aryl methyl sites for hydroxylation is 3. The quantitative estimate of drug-likeness (QED) is 0.0457. The number of esters is 2. The Morgan fingerprint density at radius 1 is 0.864 bits per heavy atom. The fraction of sp³-hybridized carbons (Fsp3) is 0.604. The van der Waals surface area contributed by atoms with Crippen molar-refractivity contribution in [1.82, 2.24) is 24.8 Å². The molecule has 9 rings (SSSR count). The predicted molar refractivity (Wildman–Crippen MR) is 258 cm³/mol. The summed E-state index contributed by atoms with van der Waals surface area (Å²) < 4.78 is 14.7. The minimum Gasteiger partial charge on any atom is -1.00 e. The molecule has 1 aliphatic heterocycles. The van der Waals surface area contributed by atoms with Gasteiger partial charge in [0.1, 0.15) is 17.8 Å². The summed E-state index contributed by atoms with van der Waals surface area (Å²) >= 11 is 4.24. The smallest absolute Gasteiger partial charge is 1.00 e. The Morgan fingerprint density at radius 2 is 1.41 bits per heavy atom. The molecule has 1 amide bonds. The molecule has 2 unspecified atom stereocenters. The van der Waals surface area contributed by atoms with Gasteiger partial charge in [0.2, 0.25) is 6.41 Å². The van der Waals surface area contributed by atoms with Gasteiger partial charge in [-0.15, -0.1) is 0 Å². The number of aromatic amines is 3. The number of ketones is 1. The number of morpholine rings is 1. The van der Waals surface area contributed by atoms with Crippen molar-refractivity contribution < 1.29 is 74.3 Å². The first-order chi connectivity index (χ1) is 31.0. The van der Waals surface area contributed by atoms with Crippen LogP contribution in [0.4, 0.5) is 0 Å². The summed E-state index contributed by atoms with van der Waals surface area (Å²) in [5.74, 6) is 0.165.